The molecule has 0 radical (unpaired) electrons. The van der Waals surface area contributed by atoms with Crippen LogP contribution in [-0.4, -0.2) is 4.98 Å². The van der Waals surface area contributed by atoms with Crippen LogP contribution < -0.4 is 10.9 Å². The molecular formula is C9H13N3. The van der Waals surface area contributed by atoms with E-state index in [1.807, 2.05) is 38.4 Å². The average Bonchev–Trinajstić information content (AvgIpc) is 2.21. The Kier molecular flexibility index (Phi) is 3.14. The van der Waals surface area contributed by atoms with E-state index in [1.54, 1.807) is 6.20 Å². The zero-order chi connectivity index (χ0) is 8.81. The molecule has 2 rings (SSSR count). The highest BCUT2D eigenvalue weighted by Crippen LogP contribution is 2.15. The monoisotopic (exact) mass is 163 g/mol. The predicted octanol–water partition coefficient (Wildman–Crippen LogP) is 2.01. The molecule has 3 nitrogen and oxygen atoms in total. The van der Waals surface area contributed by atoms with Crippen LogP contribution in [0.4, 0.5) is 5.69 Å². The molecule has 0 amide bonds. The van der Waals surface area contributed by atoms with Crippen LogP contribution in [0.5, 0.6) is 0 Å². The summed E-state index contributed by atoms with van der Waals surface area (Å²) < 4.78 is 0. The fourth-order valence-electron chi connectivity index (χ4n) is 0.904. The quantitative estimate of drug-likeness (QED) is 0.614. The molecule has 0 saturated heterocycles. The summed E-state index contributed by atoms with van der Waals surface area (Å²) >= 11 is 0. The highest BCUT2D eigenvalue weighted by Gasteiger charge is 1.99. The van der Waals surface area contributed by atoms with Gasteiger partial charge in [-0.05, 0) is 12.1 Å². The van der Waals surface area contributed by atoms with Crippen LogP contribution in [0.2, 0.25) is 0 Å². The Morgan fingerprint density at radius 3 is 2.92 bits per heavy atom. The van der Waals surface area contributed by atoms with Crippen molar-refractivity contribution in [1.82, 2.24) is 10.4 Å². The number of nitrogens with zero attached hydrogens (tertiary/aromatic N) is 1. The standard InChI is InChI=1S/C7H7N3.C2H6/c1-4-9-10-7-2-3-8-5-6(1)7;1-2/h1-5,9-10H;1-2H3. The molecule has 2 heterocycles. The molecule has 0 aliphatic carbocycles. The highest BCUT2D eigenvalue weighted by molar-refractivity contribution is 5.67. The summed E-state index contributed by atoms with van der Waals surface area (Å²) in [5, 5.41) is 0. The van der Waals surface area contributed by atoms with E-state index in [-0.39, 0.29) is 0 Å². The van der Waals surface area contributed by atoms with Crippen LogP contribution in [0.25, 0.3) is 6.08 Å². The van der Waals surface area contributed by atoms with Gasteiger partial charge in [0.1, 0.15) is 0 Å². The van der Waals surface area contributed by atoms with Gasteiger partial charge in [0.15, 0.2) is 0 Å². The molecule has 12 heavy (non-hydrogen) atoms. The third-order valence-electron chi connectivity index (χ3n) is 1.40. The maximum atomic E-state index is 3.98. The van der Waals surface area contributed by atoms with E-state index in [2.05, 4.69) is 15.8 Å². The maximum absolute atomic E-state index is 3.98. The Bertz CT molecular complexity index is 268. The van der Waals surface area contributed by atoms with Gasteiger partial charge in [0.25, 0.3) is 0 Å². The third-order valence-corrected chi connectivity index (χ3v) is 1.40. The molecule has 1 aromatic rings. The van der Waals surface area contributed by atoms with E-state index >= 15 is 0 Å². The average molecular weight is 163 g/mol. The van der Waals surface area contributed by atoms with Crippen molar-refractivity contribution < 1.29 is 0 Å². The van der Waals surface area contributed by atoms with Crippen LogP contribution in [0.1, 0.15) is 19.4 Å². The number of anilines is 1. The molecular weight excluding hydrogens is 150 g/mol. The summed E-state index contributed by atoms with van der Waals surface area (Å²) in [7, 11) is 0. The number of hydrogen-bond donors (Lipinski definition) is 2. The smallest absolute Gasteiger partial charge is 0.0643 e. The minimum atomic E-state index is 1.07. The molecule has 1 aromatic heterocycles. The molecule has 1 aliphatic heterocycles. The zero-order valence-electron chi connectivity index (χ0n) is 7.33. The normalized spacial score (nSPS) is 11.5. The van der Waals surface area contributed by atoms with Crippen LogP contribution in [0.3, 0.4) is 0 Å². The first-order valence-electron chi connectivity index (χ1n) is 4.09. The molecule has 0 saturated carbocycles. The van der Waals surface area contributed by atoms with E-state index in [0.717, 1.165) is 11.3 Å². The minimum absolute atomic E-state index is 1.07. The number of pyridine rings is 1. The van der Waals surface area contributed by atoms with E-state index in [0.29, 0.717) is 0 Å². The number of fused-ring (bicyclic) bond motifs is 1. The van der Waals surface area contributed by atoms with Crippen molar-refractivity contribution in [2.24, 2.45) is 0 Å². The fraction of sp³-hybridized carbons (Fsp3) is 0.222. The van der Waals surface area contributed by atoms with Gasteiger partial charge in [0.2, 0.25) is 0 Å². The van der Waals surface area contributed by atoms with Crippen molar-refractivity contribution >= 4 is 11.8 Å². The van der Waals surface area contributed by atoms with Gasteiger partial charge in [0.05, 0.1) is 5.69 Å². The van der Waals surface area contributed by atoms with Gasteiger partial charge in [-0.25, -0.2) is 0 Å². The summed E-state index contributed by atoms with van der Waals surface area (Å²) in [6, 6.07) is 1.92. The second kappa shape index (κ2) is 4.38. The van der Waals surface area contributed by atoms with Gasteiger partial charge < -0.3 is 10.9 Å². The number of hydrazine groups is 1. The summed E-state index contributed by atoms with van der Waals surface area (Å²) in [5.41, 5.74) is 8.05. The Labute approximate surface area is 72.5 Å². The Hall–Kier alpha value is -1.51. The van der Waals surface area contributed by atoms with E-state index in [9.17, 15) is 0 Å². The SMILES string of the molecule is C1=Cc2cnccc2NN1.CC. The van der Waals surface area contributed by atoms with Crippen molar-refractivity contribution in [1.29, 1.82) is 0 Å². The molecule has 0 fully saturated rings. The summed E-state index contributed by atoms with van der Waals surface area (Å²) in [5.74, 6) is 0. The lowest BCUT2D eigenvalue weighted by Crippen LogP contribution is -2.17. The van der Waals surface area contributed by atoms with Crippen molar-refractivity contribution in [3.8, 4) is 0 Å². The van der Waals surface area contributed by atoms with Gasteiger partial charge >= 0.3 is 0 Å². The maximum Gasteiger partial charge on any atom is 0.0643 e. The molecule has 0 unspecified atom stereocenters. The van der Waals surface area contributed by atoms with Gasteiger partial charge in [-0.15, -0.1) is 0 Å². The van der Waals surface area contributed by atoms with Crippen LogP contribution in [0, 0.1) is 0 Å². The van der Waals surface area contributed by atoms with E-state index < -0.39 is 0 Å². The molecule has 1 aliphatic rings. The topological polar surface area (TPSA) is 37.0 Å². The lowest BCUT2D eigenvalue weighted by Gasteiger charge is -2.12. The molecule has 0 aromatic carbocycles. The molecule has 2 N–H and O–H groups in total. The summed E-state index contributed by atoms with van der Waals surface area (Å²) in [6.45, 7) is 4.00. The molecule has 64 valence electrons. The molecule has 3 heteroatoms. The van der Waals surface area contributed by atoms with Gasteiger partial charge in [-0.3, -0.25) is 4.98 Å². The highest BCUT2D eigenvalue weighted by atomic mass is 15.3. The zero-order valence-corrected chi connectivity index (χ0v) is 7.33. The first-order chi connectivity index (χ1) is 5.97. The first kappa shape index (κ1) is 8.59. The Morgan fingerprint density at radius 1 is 1.33 bits per heavy atom. The molecule has 0 spiro atoms. The van der Waals surface area contributed by atoms with Crippen molar-refractivity contribution in [2.45, 2.75) is 13.8 Å². The minimum Gasteiger partial charge on any atom is -0.308 e. The number of hydrogen-bond acceptors (Lipinski definition) is 3. The first-order valence-corrected chi connectivity index (χ1v) is 4.09. The van der Waals surface area contributed by atoms with Crippen molar-refractivity contribution in [3.05, 3.63) is 30.2 Å². The summed E-state index contributed by atoms with van der Waals surface area (Å²) in [6.07, 6.45) is 7.38. The Morgan fingerprint density at radius 2 is 2.17 bits per heavy atom. The molecule has 0 bridgehead atoms. The van der Waals surface area contributed by atoms with Gasteiger partial charge in [-0.1, -0.05) is 13.8 Å². The number of aromatic nitrogens is 1. The number of rotatable bonds is 0. The molecule has 0 atom stereocenters. The second-order valence-electron chi connectivity index (χ2n) is 2.07. The van der Waals surface area contributed by atoms with Gasteiger partial charge in [0, 0.05) is 24.2 Å². The van der Waals surface area contributed by atoms with Gasteiger partial charge in [-0.2, -0.15) is 0 Å². The lowest BCUT2D eigenvalue weighted by atomic mass is 10.2. The number of nitrogens with one attached hydrogen (secondary N) is 2. The van der Waals surface area contributed by atoms with Crippen LogP contribution >= 0.6 is 0 Å². The third kappa shape index (κ3) is 1.75. The van der Waals surface area contributed by atoms with E-state index in [4.69, 9.17) is 0 Å². The van der Waals surface area contributed by atoms with Crippen LogP contribution in [0.15, 0.2) is 24.7 Å². The Balaban J connectivity index is 0.000000336. The largest absolute Gasteiger partial charge is 0.308 e. The fourth-order valence-corrected chi connectivity index (χ4v) is 0.904. The predicted molar refractivity (Wildman–Crippen MR) is 51.4 cm³/mol. The van der Waals surface area contributed by atoms with Crippen LogP contribution in [-0.2, 0) is 0 Å². The second-order valence-corrected chi connectivity index (χ2v) is 2.07. The van der Waals surface area contributed by atoms with Crippen molar-refractivity contribution in [2.75, 3.05) is 5.43 Å². The summed E-state index contributed by atoms with van der Waals surface area (Å²) in [4.78, 5) is 3.98. The van der Waals surface area contributed by atoms with Crippen molar-refractivity contribution in [3.63, 3.8) is 0 Å². The van der Waals surface area contributed by atoms with E-state index in [1.165, 1.54) is 0 Å². The lowest BCUT2D eigenvalue weighted by molar-refractivity contribution is 1.04.